The van der Waals surface area contributed by atoms with E-state index in [4.69, 9.17) is 5.11 Å². The molecule has 0 aliphatic carbocycles. The predicted molar refractivity (Wildman–Crippen MR) is 72.1 cm³/mol. The molecule has 0 aliphatic heterocycles. The lowest BCUT2D eigenvalue weighted by atomic mass is 10.1. The predicted octanol–water partition coefficient (Wildman–Crippen LogP) is 2.31. The number of aryl methyl sites for hydroxylation is 2. The second-order valence-electron chi connectivity index (χ2n) is 4.65. The SMILES string of the molecule is Cc1cc([N+](=O)[O-])c(C)cc1NC(=O)CCC(C)O. The molecule has 0 saturated heterocycles. The van der Waals surface area contributed by atoms with Crippen LogP contribution in [0.4, 0.5) is 11.4 Å². The van der Waals surface area contributed by atoms with Crippen LogP contribution in [0.3, 0.4) is 0 Å². The van der Waals surface area contributed by atoms with Crippen LogP contribution >= 0.6 is 0 Å². The molecule has 0 spiro atoms. The summed E-state index contributed by atoms with van der Waals surface area (Å²) in [7, 11) is 0. The van der Waals surface area contributed by atoms with Crippen LogP contribution in [-0.4, -0.2) is 22.0 Å². The van der Waals surface area contributed by atoms with E-state index in [1.807, 2.05) is 0 Å². The van der Waals surface area contributed by atoms with Gasteiger partial charge in [-0.25, -0.2) is 0 Å². The molecule has 1 aromatic carbocycles. The summed E-state index contributed by atoms with van der Waals surface area (Å²) in [6.07, 6.45) is 0.0784. The second kappa shape index (κ2) is 6.29. The summed E-state index contributed by atoms with van der Waals surface area (Å²) in [5.41, 5.74) is 1.75. The number of nitrogens with one attached hydrogen (secondary N) is 1. The Balaban J connectivity index is 2.82. The zero-order valence-corrected chi connectivity index (χ0v) is 11.3. The highest BCUT2D eigenvalue weighted by molar-refractivity contribution is 5.91. The third-order valence-corrected chi connectivity index (χ3v) is 2.80. The monoisotopic (exact) mass is 266 g/mol. The van der Waals surface area contributed by atoms with Crippen LogP contribution in [0.25, 0.3) is 0 Å². The molecule has 1 amide bonds. The van der Waals surface area contributed by atoms with Gasteiger partial charge in [0.05, 0.1) is 11.0 Å². The van der Waals surface area contributed by atoms with Gasteiger partial charge in [-0.1, -0.05) is 0 Å². The number of carbonyl (C=O) groups excluding carboxylic acids is 1. The summed E-state index contributed by atoms with van der Waals surface area (Å²) in [5.74, 6) is -0.211. The molecule has 1 rings (SSSR count). The fourth-order valence-corrected chi connectivity index (χ4v) is 1.68. The first kappa shape index (κ1) is 15.1. The van der Waals surface area contributed by atoms with Gasteiger partial charge in [0.15, 0.2) is 0 Å². The van der Waals surface area contributed by atoms with Crippen molar-refractivity contribution in [1.29, 1.82) is 0 Å². The number of carbonyl (C=O) groups is 1. The number of aliphatic hydroxyl groups is 1. The van der Waals surface area contributed by atoms with E-state index in [-0.39, 0.29) is 18.0 Å². The number of nitro benzene ring substituents is 1. The van der Waals surface area contributed by atoms with E-state index in [1.165, 1.54) is 6.07 Å². The van der Waals surface area contributed by atoms with Gasteiger partial charge in [0, 0.05) is 23.7 Å². The molecule has 0 bridgehead atoms. The van der Waals surface area contributed by atoms with Crippen molar-refractivity contribution in [2.24, 2.45) is 0 Å². The largest absolute Gasteiger partial charge is 0.393 e. The molecule has 6 heteroatoms. The first-order chi connectivity index (χ1) is 8.81. The molecule has 0 radical (unpaired) electrons. The van der Waals surface area contributed by atoms with Gasteiger partial charge < -0.3 is 10.4 Å². The van der Waals surface area contributed by atoms with Crippen molar-refractivity contribution in [3.63, 3.8) is 0 Å². The number of hydrogen-bond acceptors (Lipinski definition) is 4. The summed E-state index contributed by atoms with van der Waals surface area (Å²) in [6, 6.07) is 3.04. The molecule has 1 atom stereocenters. The molecule has 19 heavy (non-hydrogen) atoms. The number of amides is 1. The van der Waals surface area contributed by atoms with E-state index in [1.54, 1.807) is 26.8 Å². The fourth-order valence-electron chi connectivity index (χ4n) is 1.68. The Kier molecular flexibility index (Phi) is 5.00. The van der Waals surface area contributed by atoms with E-state index in [2.05, 4.69) is 5.32 Å². The minimum Gasteiger partial charge on any atom is -0.393 e. The van der Waals surface area contributed by atoms with Crippen molar-refractivity contribution in [2.75, 3.05) is 5.32 Å². The van der Waals surface area contributed by atoms with Crippen LogP contribution in [-0.2, 0) is 4.79 Å². The molecule has 104 valence electrons. The number of aliphatic hydroxyl groups excluding tert-OH is 1. The molecular weight excluding hydrogens is 248 g/mol. The lowest BCUT2D eigenvalue weighted by Crippen LogP contribution is -2.15. The smallest absolute Gasteiger partial charge is 0.272 e. The summed E-state index contributed by atoms with van der Waals surface area (Å²) < 4.78 is 0. The fraction of sp³-hybridized carbons (Fsp3) is 0.462. The van der Waals surface area contributed by atoms with Gasteiger partial charge in [-0.15, -0.1) is 0 Å². The van der Waals surface area contributed by atoms with Crippen LogP contribution in [0.5, 0.6) is 0 Å². The van der Waals surface area contributed by atoms with E-state index in [0.29, 0.717) is 23.2 Å². The molecule has 0 fully saturated rings. The third kappa shape index (κ3) is 4.33. The first-order valence-corrected chi connectivity index (χ1v) is 6.04. The quantitative estimate of drug-likeness (QED) is 0.631. The van der Waals surface area contributed by atoms with Crippen LogP contribution < -0.4 is 5.32 Å². The highest BCUT2D eigenvalue weighted by atomic mass is 16.6. The maximum atomic E-state index is 11.6. The zero-order chi connectivity index (χ0) is 14.6. The van der Waals surface area contributed by atoms with Gasteiger partial charge in [0.1, 0.15) is 0 Å². The average molecular weight is 266 g/mol. The number of nitrogens with zero attached hydrogens (tertiary/aromatic N) is 1. The van der Waals surface area contributed by atoms with Crippen molar-refractivity contribution >= 4 is 17.3 Å². The number of rotatable bonds is 5. The van der Waals surface area contributed by atoms with Gasteiger partial charge in [-0.2, -0.15) is 0 Å². The molecule has 1 unspecified atom stereocenters. The van der Waals surface area contributed by atoms with Gasteiger partial charge in [0.25, 0.3) is 5.69 Å². The minimum absolute atomic E-state index is 0.0412. The number of hydrogen-bond donors (Lipinski definition) is 2. The van der Waals surface area contributed by atoms with Crippen LogP contribution in [0.15, 0.2) is 12.1 Å². The van der Waals surface area contributed by atoms with Crippen molar-refractivity contribution in [3.05, 3.63) is 33.4 Å². The van der Waals surface area contributed by atoms with Crippen molar-refractivity contribution in [3.8, 4) is 0 Å². The van der Waals surface area contributed by atoms with Crippen LogP contribution in [0.2, 0.25) is 0 Å². The molecule has 1 aromatic rings. The van der Waals surface area contributed by atoms with Gasteiger partial charge in [-0.05, 0) is 38.8 Å². The Hall–Kier alpha value is -1.95. The molecular formula is C13H18N2O4. The Labute approximate surface area is 111 Å². The van der Waals surface area contributed by atoms with Gasteiger partial charge in [-0.3, -0.25) is 14.9 Å². The maximum absolute atomic E-state index is 11.6. The van der Waals surface area contributed by atoms with Crippen LogP contribution in [0.1, 0.15) is 30.9 Å². The van der Waals surface area contributed by atoms with E-state index in [9.17, 15) is 14.9 Å². The topological polar surface area (TPSA) is 92.5 Å². The molecule has 0 aromatic heterocycles. The molecule has 0 heterocycles. The van der Waals surface area contributed by atoms with E-state index >= 15 is 0 Å². The lowest BCUT2D eigenvalue weighted by Gasteiger charge is -2.10. The standard InChI is InChI=1S/C13H18N2O4/c1-8-7-12(15(18)19)9(2)6-11(8)14-13(17)5-4-10(3)16/h6-7,10,16H,4-5H2,1-3H3,(H,14,17). The molecule has 0 aliphatic rings. The Morgan fingerprint density at radius 1 is 1.42 bits per heavy atom. The second-order valence-corrected chi connectivity index (χ2v) is 4.65. The highest BCUT2D eigenvalue weighted by Gasteiger charge is 2.14. The van der Waals surface area contributed by atoms with Crippen molar-refractivity contribution < 1.29 is 14.8 Å². The van der Waals surface area contributed by atoms with Crippen LogP contribution in [0, 0.1) is 24.0 Å². The van der Waals surface area contributed by atoms with Gasteiger partial charge >= 0.3 is 0 Å². The maximum Gasteiger partial charge on any atom is 0.272 e. The summed E-state index contributed by atoms with van der Waals surface area (Å²) >= 11 is 0. The highest BCUT2D eigenvalue weighted by Crippen LogP contribution is 2.26. The first-order valence-electron chi connectivity index (χ1n) is 6.04. The Bertz CT molecular complexity index is 498. The van der Waals surface area contributed by atoms with Crippen molar-refractivity contribution in [2.45, 2.75) is 39.7 Å². The molecule has 6 nitrogen and oxygen atoms in total. The Morgan fingerprint density at radius 2 is 2.05 bits per heavy atom. The lowest BCUT2D eigenvalue weighted by molar-refractivity contribution is -0.385. The summed E-state index contributed by atoms with van der Waals surface area (Å²) in [6.45, 7) is 4.95. The minimum atomic E-state index is -0.523. The average Bonchev–Trinajstić information content (AvgIpc) is 2.30. The summed E-state index contributed by atoms with van der Waals surface area (Å²) in [5, 5.41) is 22.6. The number of anilines is 1. The Morgan fingerprint density at radius 3 is 2.58 bits per heavy atom. The van der Waals surface area contributed by atoms with E-state index in [0.717, 1.165) is 0 Å². The van der Waals surface area contributed by atoms with E-state index < -0.39 is 11.0 Å². The van der Waals surface area contributed by atoms with Crippen molar-refractivity contribution in [1.82, 2.24) is 0 Å². The summed E-state index contributed by atoms with van der Waals surface area (Å²) in [4.78, 5) is 22.0. The molecule has 0 saturated carbocycles. The third-order valence-electron chi connectivity index (χ3n) is 2.80. The normalized spacial score (nSPS) is 12.0. The van der Waals surface area contributed by atoms with Gasteiger partial charge in [0.2, 0.25) is 5.91 Å². The zero-order valence-electron chi connectivity index (χ0n) is 11.3. The number of benzene rings is 1. The number of nitro groups is 1. The molecule has 2 N–H and O–H groups in total.